The molecule has 0 aromatic heterocycles. The molecule has 0 bridgehead atoms. The Kier molecular flexibility index (Phi) is 4.84. The molecule has 1 aromatic carbocycles. The van der Waals surface area contributed by atoms with Crippen molar-refractivity contribution < 1.29 is 0 Å². The van der Waals surface area contributed by atoms with Gasteiger partial charge in [-0.3, -0.25) is 5.32 Å². The maximum absolute atomic E-state index is 5.52. The van der Waals surface area contributed by atoms with Crippen molar-refractivity contribution in [2.75, 3.05) is 0 Å². The summed E-state index contributed by atoms with van der Waals surface area (Å²) in [7, 11) is 0. The van der Waals surface area contributed by atoms with Crippen molar-refractivity contribution in [3.63, 3.8) is 0 Å². The van der Waals surface area contributed by atoms with Gasteiger partial charge in [0.05, 0.1) is 6.04 Å². The van der Waals surface area contributed by atoms with Gasteiger partial charge in [0.25, 0.3) is 0 Å². The van der Waals surface area contributed by atoms with Gasteiger partial charge in [-0.05, 0) is 31.2 Å². The number of nitrogens with one attached hydrogen (secondary N) is 1. The summed E-state index contributed by atoms with van der Waals surface area (Å²) < 4.78 is 0. The van der Waals surface area contributed by atoms with Crippen LogP contribution in [-0.2, 0) is 0 Å². The third-order valence-electron chi connectivity index (χ3n) is 3.96. The quantitative estimate of drug-likeness (QED) is 0.788. The summed E-state index contributed by atoms with van der Waals surface area (Å²) in [6, 6.07) is 11.3. The molecule has 0 spiro atoms. The van der Waals surface area contributed by atoms with Crippen molar-refractivity contribution in [2.45, 2.75) is 51.1 Å². The van der Waals surface area contributed by atoms with Crippen molar-refractivity contribution in [3.05, 3.63) is 35.9 Å². The molecule has 0 saturated heterocycles. The predicted octanol–water partition coefficient (Wildman–Crippen LogP) is 3.92. The van der Waals surface area contributed by atoms with E-state index in [1.165, 1.54) is 37.7 Å². The number of rotatable bonds is 4. The smallest absolute Gasteiger partial charge is 0.0663 e. The zero-order valence-electron chi connectivity index (χ0n) is 11.2. The van der Waals surface area contributed by atoms with Crippen molar-refractivity contribution in [1.82, 2.24) is 5.32 Å². The van der Waals surface area contributed by atoms with Gasteiger partial charge in [0, 0.05) is 6.04 Å². The number of hydrogen-bond acceptors (Lipinski definition) is 1. The molecule has 2 rings (SSSR count). The van der Waals surface area contributed by atoms with E-state index in [0.29, 0.717) is 6.04 Å². The largest absolute Gasteiger partial charge is 0.297 e. The van der Waals surface area contributed by atoms with Crippen LogP contribution in [0.3, 0.4) is 0 Å². The van der Waals surface area contributed by atoms with Gasteiger partial charge in [0.1, 0.15) is 0 Å². The lowest BCUT2D eigenvalue weighted by Crippen LogP contribution is -2.35. The Morgan fingerprint density at radius 3 is 2.44 bits per heavy atom. The van der Waals surface area contributed by atoms with E-state index in [9.17, 15) is 0 Å². The zero-order chi connectivity index (χ0) is 12.8. The van der Waals surface area contributed by atoms with E-state index in [0.717, 1.165) is 5.92 Å². The average molecular weight is 241 g/mol. The maximum atomic E-state index is 5.52. The van der Waals surface area contributed by atoms with E-state index in [1.54, 1.807) is 0 Å². The van der Waals surface area contributed by atoms with Crippen molar-refractivity contribution in [2.24, 2.45) is 5.92 Å². The van der Waals surface area contributed by atoms with Gasteiger partial charge in [-0.25, -0.2) is 0 Å². The SMILES string of the molecule is C#CC(C)NC(c1ccccc1)C1CCCCC1. The molecule has 1 N–H and O–H groups in total. The molecule has 18 heavy (non-hydrogen) atoms. The minimum atomic E-state index is 0.136. The van der Waals surface area contributed by atoms with E-state index in [2.05, 4.69) is 48.5 Å². The van der Waals surface area contributed by atoms with Gasteiger partial charge in [0.2, 0.25) is 0 Å². The Labute approximate surface area is 111 Å². The van der Waals surface area contributed by atoms with Crippen LogP contribution in [0.5, 0.6) is 0 Å². The summed E-state index contributed by atoms with van der Waals surface area (Å²) in [6.45, 7) is 2.07. The predicted molar refractivity (Wildman–Crippen MR) is 77.2 cm³/mol. The standard InChI is InChI=1S/C17H23N/c1-3-14(2)18-17(15-10-6-4-7-11-15)16-12-8-5-9-13-16/h1,4,6-7,10-11,14,16-18H,5,8-9,12-13H2,2H3. The Morgan fingerprint density at radius 1 is 1.17 bits per heavy atom. The highest BCUT2D eigenvalue weighted by atomic mass is 14.9. The van der Waals surface area contributed by atoms with Crippen LogP contribution in [0.4, 0.5) is 0 Å². The van der Waals surface area contributed by atoms with Crippen molar-refractivity contribution in [3.8, 4) is 12.3 Å². The minimum absolute atomic E-state index is 0.136. The fourth-order valence-electron chi connectivity index (χ4n) is 2.95. The van der Waals surface area contributed by atoms with Crippen LogP contribution >= 0.6 is 0 Å². The molecular formula is C17H23N. The molecule has 2 atom stereocenters. The van der Waals surface area contributed by atoms with E-state index in [1.807, 2.05) is 0 Å². The van der Waals surface area contributed by atoms with Crippen LogP contribution in [0.2, 0.25) is 0 Å². The molecule has 0 amide bonds. The number of benzene rings is 1. The lowest BCUT2D eigenvalue weighted by molar-refractivity contribution is 0.266. The Bertz CT molecular complexity index is 384. The molecule has 1 aliphatic carbocycles. The van der Waals surface area contributed by atoms with Gasteiger partial charge in [-0.2, -0.15) is 0 Å². The van der Waals surface area contributed by atoms with Crippen LogP contribution < -0.4 is 5.32 Å². The second-order valence-corrected chi connectivity index (χ2v) is 5.34. The molecule has 0 heterocycles. The normalized spacial score (nSPS) is 20.0. The second kappa shape index (κ2) is 6.61. The van der Waals surface area contributed by atoms with Gasteiger partial charge < -0.3 is 0 Å². The highest BCUT2D eigenvalue weighted by Crippen LogP contribution is 2.34. The Morgan fingerprint density at radius 2 is 1.83 bits per heavy atom. The molecular weight excluding hydrogens is 218 g/mol. The van der Waals surface area contributed by atoms with E-state index >= 15 is 0 Å². The highest BCUT2D eigenvalue weighted by Gasteiger charge is 2.25. The Balaban J connectivity index is 2.14. The summed E-state index contributed by atoms with van der Waals surface area (Å²) >= 11 is 0. The van der Waals surface area contributed by atoms with Crippen molar-refractivity contribution >= 4 is 0 Å². The maximum Gasteiger partial charge on any atom is 0.0663 e. The third-order valence-corrected chi connectivity index (χ3v) is 3.96. The van der Waals surface area contributed by atoms with Gasteiger partial charge in [-0.15, -0.1) is 6.42 Å². The molecule has 1 aliphatic rings. The summed E-state index contributed by atoms with van der Waals surface area (Å²) in [4.78, 5) is 0. The zero-order valence-corrected chi connectivity index (χ0v) is 11.2. The lowest BCUT2D eigenvalue weighted by Gasteiger charge is -2.32. The number of terminal acetylenes is 1. The fraction of sp³-hybridized carbons (Fsp3) is 0.529. The summed E-state index contributed by atoms with van der Waals surface area (Å²) in [5.41, 5.74) is 1.38. The lowest BCUT2D eigenvalue weighted by atomic mass is 9.81. The monoisotopic (exact) mass is 241 g/mol. The van der Waals surface area contributed by atoms with Crippen LogP contribution in [0.15, 0.2) is 30.3 Å². The third kappa shape index (κ3) is 3.37. The van der Waals surface area contributed by atoms with Gasteiger partial charge in [0.15, 0.2) is 0 Å². The molecule has 1 aromatic rings. The summed E-state index contributed by atoms with van der Waals surface area (Å²) in [6.07, 6.45) is 12.3. The molecule has 1 fully saturated rings. The Hall–Kier alpha value is -1.26. The average Bonchev–Trinajstić information content (AvgIpc) is 2.46. The molecule has 1 heteroatoms. The molecule has 0 radical (unpaired) electrons. The van der Waals surface area contributed by atoms with Crippen LogP contribution in [0.1, 0.15) is 50.6 Å². The summed E-state index contributed by atoms with van der Waals surface area (Å²) in [5, 5.41) is 3.62. The topological polar surface area (TPSA) is 12.0 Å². The number of hydrogen-bond donors (Lipinski definition) is 1. The molecule has 96 valence electrons. The molecule has 1 saturated carbocycles. The van der Waals surface area contributed by atoms with Crippen LogP contribution in [0.25, 0.3) is 0 Å². The molecule has 2 unspecified atom stereocenters. The van der Waals surface area contributed by atoms with E-state index in [4.69, 9.17) is 6.42 Å². The first-order chi connectivity index (χ1) is 8.81. The van der Waals surface area contributed by atoms with Crippen molar-refractivity contribution in [1.29, 1.82) is 0 Å². The molecule has 0 aliphatic heterocycles. The molecule has 1 nitrogen and oxygen atoms in total. The van der Waals surface area contributed by atoms with Gasteiger partial charge in [-0.1, -0.05) is 55.5 Å². The minimum Gasteiger partial charge on any atom is -0.297 e. The summed E-state index contributed by atoms with van der Waals surface area (Å²) in [5.74, 6) is 3.53. The highest BCUT2D eigenvalue weighted by molar-refractivity contribution is 5.20. The second-order valence-electron chi connectivity index (χ2n) is 5.34. The van der Waals surface area contributed by atoms with Crippen LogP contribution in [0, 0.1) is 18.3 Å². The van der Waals surface area contributed by atoms with Crippen LogP contribution in [-0.4, -0.2) is 6.04 Å². The first-order valence-electron chi connectivity index (χ1n) is 7.08. The first-order valence-corrected chi connectivity index (χ1v) is 7.08. The first kappa shape index (κ1) is 13.2. The van der Waals surface area contributed by atoms with E-state index in [-0.39, 0.29) is 6.04 Å². The van der Waals surface area contributed by atoms with E-state index < -0.39 is 0 Å². The fourth-order valence-corrected chi connectivity index (χ4v) is 2.95. The van der Waals surface area contributed by atoms with Gasteiger partial charge >= 0.3 is 0 Å².